The van der Waals surface area contributed by atoms with Gasteiger partial charge < -0.3 is 5.32 Å². The molecule has 35 heavy (non-hydrogen) atoms. The second kappa shape index (κ2) is 10.1. The lowest BCUT2D eigenvalue weighted by Gasteiger charge is -2.43. The highest BCUT2D eigenvalue weighted by Gasteiger charge is 2.48. The van der Waals surface area contributed by atoms with Crippen LogP contribution in [0.15, 0.2) is 60.7 Å². The number of aromatic nitrogens is 1. The molecule has 0 radical (unpaired) electrons. The van der Waals surface area contributed by atoms with Crippen LogP contribution in [0.3, 0.4) is 0 Å². The molecule has 0 aliphatic carbocycles. The van der Waals surface area contributed by atoms with Gasteiger partial charge in [-0.1, -0.05) is 56.3 Å². The van der Waals surface area contributed by atoms with E-state index in [9.17, 15) is 14.4 Å². The van der Waals surface area contributed by atoms with Crippen LogP contribution in [0.1, 0.15) is 50.4 Å². The summed E-state index contributed by atoms with van der Waals surface area (Å²) in [4.78, 5) is 19.2. The van der Waals surface area contributed by atoms with Crippen molar-refractivity contribution in [2.24, 2.45) is 0 Å². The highest BCUT2D eigenvalue weighted by Crippen LogP contribution is 2.38. The number of piperazine rings is 1. The Balaban J connectivity index is 1.98. The highest BCUT2D eigenvalue weighted by molar-refractivity contribution is 5.92. The summed E-state index contributed by atoms with van der Waals surface area (Å²) in [7, 11) is 0. The van der Waals surface area contributed by atoms with E-state index in [0.717, 1.165) is 11.3 Å². The zero-order valence-corrected chi connectivity index (χ0v) is 20.8. The SMILES string of the molecule is CC1C[N+](C(=O)Cc2ccccc2)(c2nc(C(C)C)cc(-c3cccc(F)c3)c2C#N)CC(C)N1. The molecule has 3 aromatic rings. The van der Waals surface area contributed by atoms with E-state index in [4.69, 9.17) is 4.98 Å². The van der Waals surface area contributed by atoms with Gasteiger partial charge in [-0.2, -0.15) is 10.2 Å². The fourth-order valence-corrected chi connectivity index (χ4v) is 5.17. The average molecular weight is 472 g/mol. The molecule has 1 saturated heterocycles. The quantitative estimate of drug-likeness (QED) is 0.510. The van der Waals surface area contributed by atoms with Crippen LogP contribution in [0.5, 0.6) is 0 Å². The van der Waals surface area contributed by atoms with Crippen LogP contribution in [-0.2, 0) is 11.2 Å². The largest absolute Gasteiger partial charge is 0.324 e. The van der Waals surface area contributed by atoms with Gasteiger partial charge in [0.25, 0.3) is 5.82 Å². The maximum atomic E-state index is 14.2. The van der Waals surface area contributed by atoms with Gasteiger partial charge in [-0.3, -0.25) is 0 Å². The minimum Gasteiger partial charge on any atom is -0.301 e. The smallest absolute Gasteiger partial charge is 0.301 e. The summed E-state index contributed by atoms with van der Waals surface area (Å²) in [5.41, 5.74) is 3.27. The molecule has 1 fully saturated rings. The van der Waals surface area contributed by atoms with Crippen molar-refractivity contribution in [3.05, 3.63) is 83.3 Å². The summed E-state index contributed by atoms with van der Waals surface area (Å²) < 4.78 is 14.2. The number of nitriles is 1. The molecule has 0 saturated carbocycles. The molecule has 4 rings (SSSR count). The summed E-state index contributed by atoms with van der Waals surface area (Å²) in [5.74, 6) is 0.172. The van der Waals surface area contributed by atoms with E-state index in [-0.39, 0.29) is 40.6 Å². The number of carbonyl (C=O) groups is 1. The number of carbonyl (C=O) groups excluding carboxylic acids is 1. The molecule has 6 heteroatoms. The summed E-state index contributed by atoms with van der Waals surface area (Å²) in [6, 6.07) is 20.3. The molecule has 2 unspecified atom stereocenters. The Labute approximate surface area is 206 Å². The van der Waals surface area contributed by atoms with E-state index in [0.29, 0.717) is 35.6 Å². The van der Waals surface area contributed by atoms with E-state index in [1.165, 1.54) is 12.1 Å². The summed E-state index contributed by atoms with van der Waals surface area (Å²) in [6.45, 7) is 9.16. The molecule has 1 amide bonds. The Kier molecular flexibility index (Phi) is 7.11. The van der Waals surface area contributed by atoms with Crippen LogP contribution in [-0.4, -0.2) is 36.1 Å². The van der Waals surface area contributed by atoms with Crippen molar-refractivity contribution in [1.82, 2.24) is 14.8 Å². The van der Waals surface area contributed by atoms with Gasteiger partial charge in [0.05, 0.1) is 18.5 Å². The zero-order valence-electron chi connectivity index (χ0n) is 20.8. The first-order valence-corrected chi connectivity index (χ1v) is 12.2. The van der Waals surface area contributed by atoms with Crippen molar-refractivity contribution in [2.45, 2.75) is 52.1 Å². The molecular formula is C29H32FN4O+. The van der Waals surface area contributed by atoms with Crippen LogP contribution in [0.25, 0.3) is 11.1 Å². The van der Waals surface area contributed by atoms with Gasteiger partial charge in [-0.25, -0.2) is 13.7 Å². The number of nitrogens with one attached hydrogen (secondary N) is 1. The van der Waals surface area contributed by atoms with Crippen LogP contribution >= 0.6 is 0 Å². The van der Waals surface area contributed by atoms with Gasteiger partial charge in [0.15, 0.2) is 0 Å². The van der Waals surface area contributed by atoms with E-state index in [2.05, 4.69) is 25.2 Å². The van der Waals surface area contributed by atoms with Gasteiger partial charge in [0.1, 0.15) is 30.5 Å². The summed E-state index contributed by atoms with van der Waals surface area (Å²) in [5, 5.41) is 13.9. The lowest BCUT2D eigenvalue weighted by atomic mass is 9.95. The van der Waals surface area contributed by atoms with Gasteiger partial charge in [-0.15, -0.1) is 0 Å². The third-order valence-electron chi connectivity index (χ3n) is 6.68. The minimum absolute atomic E-state index is 0.00602. The molecule has 1 aliphatic rings. The molecule has 0 spiro atoms. The second-order valence-corrected chi connectivity index (χ2v) is 9.93. The number of quaternary nitrogens is 1. The number of nitrogens with zero attached hydrogens (tertiary/aromatic N) is 3. The number of rotatable bonds is 5. The van der Waals surface area contributed by atoms with Gasteiger partial charge in [-0.05, 0) is 49.1 Å². The van der Waals surface area contributed by atoms with Crippen molar-refractivity contribution >= 4 is 11.7 Å². The Morgan fingerprint density at radius 2 is 1.80 bits per heavy atom. The van der Waals surface area contributed by atoms with Crippen LogP contribution in [0.2, 0.25) is 0 Å². The zero-order chi connectivity index (χ0) is 25.2. The number of hydrogen-bond donors (Lipinski definition) is 1. The second-order valence-electron chi connectivity index (χ2n) is 9.93. The normalized spacial score (nSPS) is 22.1. The number of amides is 1. The topological polar surface area (TPSA) is 65.8 Å². The lowest BCUT2D eigenvalue weighted by Crippen LogP contribution is -2.69. The van der Waals surface area contributed by atoms with Gasteiger partial charge in [0.2, 0.25) is 0 Å². The average Bonchev–Trinajstić information content (AvgIpc) is 2.83. The highest BCUT2D eigenvalue weighted by atomic mass is 19.1. The molecule has 1 aromatic heterocycles. The molecule has 2 atom stereocenters. The van der Waals surface area contributed by atoms with Crippen molar-refractivity contribution < 1.29 is 9.18 Å². The third-order valence-corrected chi connectivity index (χ3v) is 6.68. The predicted molar refractivity (Wildman–Crippen MR) is 137 cm³/mol. The van der Waals surface area contributed by atoms with Crippen molar-refractivity contribution in [2.75, 3.05) is 13.1 Å². The molecule has 5 nitrogen and oxygen atoms in total. The maximum absolute atomic E-state index is 14.2. The van der Waals surface area contributed by atoms with E-state index in [1.54, 1.807) is 12.1 Å². The Bertz CT molecular complexity index is 1260. The monoisotopic (exact) mass is 471 g/mol. The molecule has 0 bridgehead atoms. The van der Waals surface area contributed by atoms with Crippen molar-refractivity contribution in [3.8, 4) is 17.2 Å². The molecule has 1 aliphatic heterocycles. The number of pyridine rings is 1. The Morgan fingerprint density at radius 3 is 2.40 bits per heavy atom. The van der Waals surface area contributed by atoms with Gasteiger partial charge >= 0.3 is 5.91 Å². The lowest BCUT2D eigenvalue weighted by molar-refractivity contribution is -0.131. The van der Waals surface area contributed by atoms with Crippen LogP contribution in [0, 0.1) is 17.1 Å². The maximum Gasteiger partial charge on any atom is 0.324 e. The van der Waals surface area contributed by atoms with E-state index < -0.39 is 0 Å². The molecule has 1 N–H and O–H groups in total. The number of benzene rings is 2. The van der Waals surface area contributed by atoms with Crippen LogP contribution in [0.4, 0.5) is 10.2 Å². The fourth-order valence-electron chi connectivity index (χ4n) is 5.17. The Morgan fingerprint density at radius 1 is 1.11 bits per heavy atom. The van der Waals surface area contributed by atoms with Crippen molar-refractivity contribution in [1.29, 1.82) is 5.26 Å². The first-order chi connectivity index (χ1) is 16.7. The van der Waals surface area contributed by atoms with E-state index >= 15 is 0 Å². The van der Waals surface area contributed by atoms with Crippen molar-refractivity contribution in [3.63, 3.8) is 0 Å². The van der Waals surface area contributed by atoms with Crippen LogP contribution < -0.4 is 9.80 Å². The molecule has 180 valence electrons. The number of halogens is 1. The predicted octanol–water partition coefficient (Wildman–Crippen LogP) is 5.34. The van der Waals surface area contributed by atoms with Gasteiger partial charge in [0, 0.05) is 11.3 Å². The molecule has 2 aromatic carbocycles. The summed E-state index contributed by atoms with van der Waals surface area (Å²) in [6.07, 6.45) is 0.244. The standard InChI is InChI=1S/C29H32FN4O/c1-19(2)27-15-25(23-11-8-12-24(30)14-23)26(16-31)29(33-27)34(17-20(3)32-21(4)18-34)28(35)13-22-9-6-5-7-10-22/h5-12,14-15,19-21,32H,13,17-18H2,1-4H3/q+1. The minimum atomic E-state index is -0.371. The summed E-state index contributed by atoms with van der Waals surface area (Å²) >= 11 is 0. The molecule has 2 heterocycles. The number of hydrogen-bond acceptors (Lipinski definition) is 4. The first kappa shape index (κ1) is 24.7. The Hall–Kier alpha value is -3.40. The first-order valence-electron chi connectivity index (χ1n) is 12.2. The van der Waals surface area contributed by atoms with E-state index in [1.807, 2.05) is 50.2 Å². The molecular weight excluding hydrogens is 439 g/mol. The third kappa shape index (κ3) is 5.02. The fraction of sp³-hybridized carbons (Fsp3) is 0.345.